The maximum atomic E-state index is 12.9. The van der Waals surface area contributed by atoms with Gasteiger partial charge in [0.25, 0.3) is 15.9 Å². The molecule has 166 valence electrons. The van der Waals surface area contributed by atoms with Gasteiger partial charge in [0.05, 0.1) is 22.2 Å². The molecule has 0 bridgehead atoms. The number of benzene rings is 3. The summed E-state index contributed by atoms with van der Waals surface area (Å²) in [6.07, 6.45) is 0. The van der Waals surface area contributed by atoms with Crippen LogP contribution in [-0.4, -0.2) is 26.8 Å². The highest BCUT2D eigenvalue weighted by Crippen LogP contribution is 2.26. The average molecular weight is 492 g/mol. The van der Waals surface area contributed by atoms with E-state index < -0.39 is 21.8 Å². The van der Waals surface area contributed by atoms with Crippen molar-refractivity contribution in [1.82, 2.24) is 5.32 Å². The molecule has 0 aromatic heterocycles. The molecule has 7 nitrogen and oxygen atoms in total. The quantitative estimate of drug-likeness (QED) is 0.453. The lowest BCUT2D eigenvalue weighted by atomic mass is 10.2. The van der Waals surface area contributed by atoms with Crippen LogP contribution in [0.25, 0.3) is 0 Å². The normalized spacial score (nSPS) is 11.0. The van der Waals surface area contributed by atoms with Crippen LogP contribution in [0.1, 0.15) is 15.9 Å². The van der Waals surface area contributed by atoms with Crippen molar-refractivity contribution in [3.05, 3.63) is 87.9 Å². The number of nitrogens with one attached hydrogen (secondary N) is 3. The second-order valence-electron chi connectivity index (χ2n) is 6.80. The number of sulfonamides is 1. The summed E-state index contributed by atoms with van der Waals surface area (Å²) in [5.74, 6) is -0.952. The van der Waals surface area contributed by atoms with E-state index in [4.69, 9.17) is 23.2 Å². The van der Waals surface area contributed by atoms with Crippen molar-refractivity contribution >= 4 is 56.4 Å². The number of carbonyl (C=O) groups excluding carboxylic acids is 2. The molecule has 0 radical (unpaired) electrons. The van der Waals surface area contributed by atoms with E-state index in [9.17, 15) is 18.0 Å². The van der Waals surface area contributed by atoms with Gasteiger partial charge in [-0.25, -0.2) is 8.42 Å². The first-order valence-electron chi connectivity index (χ1n) is 9.37. The first kappa shape index (κ1) is 23.6. The molecule has 0 saturated carbocycles. The molecule has 0 heterocycles. The zero-order valence-corrected chi connectivity index (χ0v) is 19.2. The second-order valence-corrected chi connectivity index (χ2v) is 9.30. The number of hydrogen-bond acceptors (Lipinski definition) is 4. The fourth-order valence-electron chi connectivity index (χ4n) is 2.78. The van der Waals surface area contributed by atoms with Crippen molar-refractivity contribution in [2.45, 2.75) is 11.8 Å². The summed E-state index contributed by atoms with van der Waals surface area (Å²) in [5, 5.41) is 5.83. The summed E-state index contributed by atoms with van der Waals surface area (Å²) in [7, 11) is -3.96. The Morgan fingerprint density at radius 2 is 1.62 bits per heavy atom. The van der Waals surface area contributed by atoms with Gasteiger partial charge in [0, 0.05) is 16.3 Å². The van der Waals surface area contributed by atoms with Crippen LogP contribution < -0.4 is 15.4 Å². The van der Waals surface area contributed by atoms with Crippen LogP contribution in [0.2, 0.25) is 10.0 Å². The third-order valence-corrected chi connectivity index (χ3v) is 6.48. The van der Waals surface area contributed by atoms with E-state index >= 15 is 0 Å². The van der Waals surface area contributed by atoms with Crippen LogP contribution in [0.3, 0.4) is 0 Å². The van der Waals surface area contributed by atoms with Crippen LogP contribution in [-0.2, 0) is 14.8 Å². The van der Waals surface area contributed by atoms with Gasteiger partial charge in [0.2, 0.25) is 5.91 Å². The summed E-state index contributed by atoms with van der Waals surface area (Å²) in [6.45, 7) is 1.34. The summed E-state index contributed by atoms with van der Waals surface area (Å²) in [6, 6.07) is 17.2. The van der Waals surface area contributed by atoms with Crippen molar-refractivity contribution in [1.29, 1.82) is 0 Å². The average Bonchev–Trinajstić information content (AvgIpc) is 2.75. The van der Waals surface area contributed by atoms with E-state index in [-0.39, 0.29) is 27.8 Å². The molecule has 2 amide bonds. The zero-order valence-electron chi connectivity index (χ0n) is 16.9. The van der Waals surface area contributed by atoms with Crippen LogP contribution in [0, 0.1) is 6.92 Å². The largest absolute Gasteiger partial charge is 0.343 e. The predicted octanol–water partition coefficient (Wildman–Crippen LogP) is 4.47. The Kier molecular flexibility index (Phi) is 7.40. The van der Waals surface area contributed by atoms with E-state index in [0.29, 0.717) is 16.1 Å². The molecule has 32 heavy (non-hydrogen) atoms. The third-order valence-electron chi connectivity index (χ3n) is 4.40. The second kappa shape index (κ2) is 10.0. The van der Waals surface area contributed by atoms with Gasteiger partial charge in [-0.3, -0.25) is 14.3 Å². The number of aryl methyl sites for hydroxylation is 1. The molecular formula is C22H19Cl2N3O4S. The molecule has 0 unspecified atom stereocenters. The lowest BCUT2D eigenvalue weighted by molar-refractivity contribution is -0.115. The summed E-state index contributed by atoms with van der Waals surface area (Å²) < 4.78 is 28.2. The molecule has 3 N–H and O–H groups in total. The van der Waals surface area contributed by atoms with Crippen molar-refractivity contribution in [2.24, 2.45) is 0 Å². The lowest BCUT2D eigenvalue weighted by Gasteiger charge is -2.13. The Bertz CT molecular complexity index is 1260. The van der Waals surface area contributed by atoms with Crippen molar-refractivity contribution < 1.29 is 18.0 Å². The predicted molar refractivity (Wildman–Crippen MR) is 126 cm³/mol. The Labute approximate surface area is 195 Å². The maximum Gasteiger partial charge on any atom is 0.262 e. The van der Waals surface area contributed by atoms with E-state index in [1.807, 2.05) is 0 Å². The molecule has 3 aromatic carbocycles. The lowest BCUT2D eigenvalue weighted by Crippen LogP contribution is -2.32. The SMILES string of the molecule is Cc1ccc(NC(=O)CNC(=O)c2ccc(Cl)cc2)cc1S(=O)(=O)Nc1ccccc1Cl. The molecule has 3 rings (SSSR count). The number of hydrogen-bond donors (Lipinski definition) is 3. The number of halogens is 2. The molecule has 0 saturated heterocycles. The van der Waals surface area contributed by atoms with E-state index in [1.54, 1.807) is 67.6 Å². The Balaban J connectivity index is 1.68. The minimum Gasteiger partial charge on any atom is -0.343 e. The number of anilines is 2. The smallest absolute Gasteiger partial charge is 0.262 e. The van der Waals surface area contributed by atoms with Crippen LogP contribution in [0.4, 0.5) is 11.4 Å². The molecule has 0 aliphatic carbocycles. The minimum absolute atomic E-state index is 0.0135. The van der Waals surface area contributed by atoms with Gasteiger partial charge < -0.3 is 10.6 Å². The van der Waals surface area contributed by atoms with Crippen molar-refractivity contribution in [3.8, 4) is 0 Å². The highest BCUT2D eigenvalue weighted by Gasteiger charge is 2.19. The molecule has 0 fully saturated rings. The topological polar surface area (TPSA) is 104 Å². The van der Waals surface area contributed by atoms with Crippen molar-refractivity contribution in [2.75, 3.05) is 16.6 Å². The van der Waals surface area contributed by atoms with Gasteiger partial charge in [0.1, 0.15) is 0 Å². The first-order chi connectivity index (χ1) is 15.2. The Hall–Kier alpha value is -3.07. The van der Waals surface area contributed by atoms with E-state index in [1.165, 1.54) is 6.07 Å². The molecular weight excluding hydrogens is 473 g/mol. The van der Waals surface area contributed by atoms with E-state index in [0.717, 1.165) is 0 Å². The minimum atomic E-state index is -3.96. The Morgan fingerprint density at radius 1 is 0.938 bits per heavy atom. The number of rotatable bonds is 7. The van der Waals surface area contributed by atoms with Gasteiger partial charge in [-0.2, -0.15) is 0 Å². The maximum absolute atomic E-state index is 12.9. The number of amides is 2. The summed E-state index contributed by atoms with van der Waals surface area (Å²) in [5.41, 5.74) is 1.35. The van der Waals surface area contributed by atoms with Gasteiger partial charge in [-0.05, 0) is 61.0 Å². The standard InChI is InChI=1S/C22H19Cl2N3O4S/c1-14-6-11-17(12-20(14)32(30,31)27-19-5-3-2-4-18(19)24)26-21(28)13-25-22(29)15-7-9-16(23)10-8-15/h2-12,27H,13H2,1H3,(H,25,29)(H,26,28). The van der Waals surface area contributed by atoms with E-state index in [2.05, 4.69) is 15.4 Å². The summed E-state index contributed by atoms with van der Waals surface area (Å²) >= 11 is 11.8. The molecule has 0 aliphatic heterocycles. The van der Waals surface area contributed by atoms with Crippen molar-refractivity contribution in [3.63, 3.8) is 0 Å². The van der Waals surface area contributed by atoms with Crippen LogP contribution in [0.5, 0.6) is 0 Å². The zero-order chi connectivity index (χ0) is 23.3. The van der Waals surface area contributed by atoms with Gasteiger partial charge in [-0.15, -0.1) is 0 Å². The molecule has 0 aliphatic rings. The molecule has 3 aromatic rings. The first-order valence-corrected chi connectivity index (χ1v) is 11.6. The van der Waals surface area contributed by atoms with Crippen LogP contribution in [0.15, 0.2) is 71.6 Å². The molecule has 0 atom stereocenters. The fraction of sp³-hybridized carbons (Fsp3) is 0.0909. The highest BCUT2D eigenvalue weighted by atomic mass is 35.5. The third kappa shape index (κ3) is 6.00. The number of carbonyl (C=O) groups is 2. The Morgan fingerprint density at radius 3 is 2.31 bits per heavy atom. The molecule has 10 heteroatoms. The van der Waals surface area contributed by atoms with Gasteiger partial charge in [-0.1, -0.05) is 41.4 Å². The monoisotopic (exact) mass is 491 g/mol. The van der Waals surface area contributed by atoms with Gasteiger partial charge in [0.15, 0.2) is 0 Å². The summed E-state index contributed by atoms with van der Waals surface area (Å²) in [4.78, 5) is 24.4. The number of para-hydroxylation sites is 1. The fourth-order valence-corrected chi connectivity index (χ4v) is 4.50. The highest BCUT2D eigenvalue weighted by molar-refractivity contribution is 7.92. The van der Waals surface area contributed by atoms with Gasteiger partial charge >= 0.3 is 0 Å². The molecule has 0 spiro atoms. The van der Waals surface area contributed by atoms with Crippen LogP contribution >= 0.6 is 23.2 Å².